The van der Waals surface area contributed by atoms with Crippen molar-refractivity contribution < 1.29 is 9.90 Å². The number of nitrogens with one attached hydrogen (secondary N) is 1. The van der Waals surface area contributed by atoms with Crippen LogP contribution in [0.2, 0.25) is 0 Å². The number of hydrogen-bond acceptors (Lipinski definition) is 3. The molecule has 1 unspecified atom stereocenters. The number of aliphatic hydroxyl groups excluding tert-OH is 1. The summed E-state index contributed by atoms with van der Waals surface area (Å²) in [7, 11) is 0. The summed E-state index contributed by atoms with van der Waals surface area (Å²) in [6.45, 7) is 5.96. The van der Waals surface area contributed by atoms with Gasteiger partial charge in [-0.15, -0.1) is 11.8 Å². The second-order valence-electron chi connectivity index (χ2n) is 4.80. The second kappa shape index (κ2) is 7.92. The predicted octanol–water partition coefficient (Wildman–Crippen LogP) is 2.98. The van der Waals surface area contributed by atoms with Crippen LogP contribution in [-0.4, -0.2) is 29.4 Å². The first-order valence-electron chi connectivity index (χ1n) is 6.23. The minimum atomic E-state index is -0.167. The van der Waals surface area contributed by atoms with Crippen LogP contribution in [0.4, 0.5) is 0 Å². The quantitative estimate of drug-likeness (QED) is 0.779. The highest BCUT2D eigenvalue weighted by molar-refractivity contribution is 9.10. The zero-order valence-corrected chi connectivity index (χ0v) is 13.8. The summed E-state index contributed by atoms with van der Waals surface area (Å²) in [4.78, 5) is 12.9. The lowest BCUT2D eigenvalue weighted by Crippen LogP contribution is -2.41. The number of carbonyl (C=O) groups excluding carboxylic acids is 1. The van der Waals surface area contributed by atoms with Crippen molar-refractivity contribution in [1.29, 1.82) is 0 Å². The van der Waals surface area contributed by atoms with Gasteiger partial charge in [-0.3, -0.25) is 4.79 Å². The third-order valence-corrected chi connectivity index (χ3v) is 4.51. The molecule has 1 aromatic carbocycles. The van der Waals surface area contributed by atoms with Crippen molar-refractivity contribution in [2.45, 2.75) is 31.7 Å². The average Bonchev–Trinajstić information content (AvgIpc) is 2.34. The van der Waals surface area contributed by atoms with Crippen molar-refractivity contribution in [3.05, 3.63) is 28.2 Å². The van der Waals surface area contributed by atoms with Crippen LogP contribution in [0.15, 0.2) is 27.6 Å². The molecular formula is C14H20BrNO2S. The molecule has 0 aliphatic heterocycles. The van der Waals surface area contributed by atoms with Gasteiger partial charge in [0.2, 0.25) is 5.91 Å². The highest BCUT2D eigenvalue weighted by Gasteiger charge is 2.15. The third kappa shape index (κ3) is 5.55. The number of thioether (sulfide) groups is 1. The molecule has 0 radical (unpaired) electrons. The van der Waals surface area contributed by atoms with Crippen LogP contribution in [0.5, 0.6) is 0 Å². The largest absolute Gasteiger partial charge is 0.394 e. The molecule has 0 aromatic heterocycles. The molecule has 0 fully saturated rings. The van der Waals surface area contributed by atoms with E-state index in [0.29, 0.717) is 5.75 Å². The molecule has 106 valence electrons. The number of rotatable bonds is 6. The van der Waals surface area contributed by atoms with Gasteiger partial charge in [0.25, 0.3) is 0 Å². The number of benzene rings is 1. The molecule has 0 aliphatic carbocycles. The van der Waals surface area contributed by atoms with Crippen LogP contribution in [0.25, 0.3) is 0 Å². The van der Waals surface area contributed by atoms with Crippen molar-refractivity contribution in [2.75, 3.05) is 12.4 Å². The summed E-state index contributed by atoms with van der Waals surface area (Å²) in [5, 5.41) is 12.0. The van der Waals surface area contributed by atoms with Crippen LogP contribution in [0, 0.1) is 12.8 Å². The molecule has 0 saturated heterocycles. The average molecular weight is 346 g/mol. The van der Waals surface area contributed by atoms with Crippen molar-refractivity contribution in [3.8, 4) is 0 Å². The van der Waals surface area contributed by atoms with E-state index in [4.69, 9.17) is 0 Å². The van der Waals surface area contributed by atoms with E-state index in [0.717, 1.165) is 14.9 Å². The Bertz CT molecular complexity index is 437. The predicted molar refractivity (Wildman–Crippen MR) is 83.5 cm³/mol. The number of carbonyl (C=O) groups is 1. The van der Waals surface area contributed by atoms with E-state index >= 15 is 0 Å². The highest BCUT2D eigenvalue weighted by Crippen LogP contribution is 2.25. The van der Waals surface area contributed by atoms with Gasteiger partial charge in [0.05, 0.1) is 18.4 Å². The first kappa shape index (κ1) is 16.5. The molecule has 0 saturated carbocycles. The summed E-state index contributed by atoms with van der Waals surface area (Å²) >= 11 is 4.93. The van der Waals surface area contributed by atoms with E-state index in [-0.39, 0.29) is 24.5 Å². The normalized spacial score (nSPS) is 12.5. The molecule has 5 heteroatoms. The van der Waals surface area contributed by atoms with Crippen molar-refractivity contribution in [3.63, 3.8) is 0 Å². The summed E-state index contributed by atoms with van der Waals surface area (Å²) in [5.74, 6) is 0.555. The van der Waals surface area contributed by atoms with Crippen LogP contribution in [0.1, 0.15) is 19.4 Å². The maximum atomic E-state index is 11.8. The topological polar surface area (TPSA) is 49.3 Å². The Morgan fingerprint density at radius 1 is 1.47 bits per heavy atom. The molecule has 1 aromatic rings. The number of aliphatic hydroxyl groups is 1. The molecule has 0 spiro atoms. The van der Waals surface area contributed by atoms with E-state index in [9.17, 15) is 9.90 Å². The lowest BCUT2D eigenvalue weighted by molar-refractivity contribution is -0.119. The first-order chi connectivity index (χ1) is 8.93. The minimum absolute atomic E-state index is 0.0224. The molecule has 0 aliphatic rings. The molecule has 19 heavy (non-hydrogen) atoms. The van der Waals surface area contributed by atoms with Gasteiger partial charge in [0.15, 0.2) is 0 Å². The van der Waals surface area contributed by atoms with Gasteiger partial charge in [-0.1, -0.05) is 29.8 Å². The number of hydrogen-bond donors (Lipinski definition) is 2. The van der Waals surface area contributed by atoms with Gasteiger partial charge in [0, 0.05) is 9.37 Å². The van der Waals surface area contributed by atoms with Crippen molar-refractivity contribution in [2.24, 2.45) is 5.92 Å². The molecular weight excluding hydrogens is 326 g/mol. The zero-order chi connectivity index (χ0) is 14.4. The fourth-order valence-electron chi connectivity index (χ4n) is 1.59. The Labute approximate surface area is 127 Å². The van der Waals surface area contributed by atoms with Gasteiger partial charge in [0.1, 0.15) is 0 Å². The lowest BCUT2D eigenvalue weighted by atomic mass is 10.1. The second-order valence-corrected chi connectivity index (χ2v) is 6.73. The van der Waals surface area contributed by atoms with Gasteiger partial charge in [-0.05, 0) is 36.6 Å². The smallest absolute Gasteiger partial charge is 0.230 e. The molecule has 3 nitrogen and oxygen atoms in total. The van der Waals surface area contributed by atoms with Gasteiger partial charge < -0.3 is 10.4 Å². The third-order valence-electron chi connectivity index (χ3n) is 2.84. The summed E-state index contributed by atoms with van der Waals surface area (Å²) in [6, 6.07) is 5.84. The molecule has 1 rings (SSSR count). The maximum Gasteiger partial charge on any atom is 0.230 e. The van der Waals surface area contributed by atoms with Crippen LogP contribution >= 0.6 is 27.7 Å². The Balaban J connectivity index is 2.50. The molecule has 0 bridgehead atoms. The van der Waals surface area contributed by atoms with Gasteiger partial charge >= 0.3 is 0 Å². The summed E-state index contributed by atoms with van der Waals surface area (Å²) in [5.41, 5.74) is 1.15. The number of amides is 1. The van der Waals surface area contributed by atoms with E-state index < -0.39 is 0 Å². The molecule has 2 N–H and O–H groups in total. The Morgan fingerprint density at radius 3 is 2.68 bits per heavy atom. The van der Waals surface area contributed by atoms with E-state index in [1.165, 1.54) is 11.8 Å². The number of aryl methyl sites for hydroxylation is 1. The lowest BCUT2D eigenvalue weighted by Gasteiger charge is -2.19. The monoisotopic (exact) mass is 345 g/mol. The Kier molecular flexibility index (Phi) is 6.89. The summed E-state index contributed by atoms with van der Waals surface area (Å²) in [6.07, 6.45) is 0. The fraction of sp³-hybridized carbons (Fsp3) is 0.500. The van der Waals surface area contributed by atoms with Crippen LogP contribution in [0.3, 0.4) is 0 Å². The standard InChI is InChI=1S/C14H20BrNO2S/c1-9(2)12(7-17)16-14(18)8-19-13-5-4-11(15)6-10(13)3/h4-6,9,12,17H,7-8H2,1-3H3,(H,16,18). The van der Waals surface area contributed by atoms with E-state index in [2.05, 4.69) is 21.2 Å². The number of halogens is 1. The summed E-state index contributed by atoms with van der Waals surface area (Å²) < 4.78 is 1.04. The van der Waals surface area contributed by atoms with Crippen molar-refractivity contribution >= 4 is 33.6 Å². The zero-order valence-electron chi connectivity index (χ0n) is 11.4. The Hall–Kier alpha value is -0.520. The molecule has 1 amide bonds. The molecule has 1 atom stereocenters. The fourth-order valence-corrected chi connectivity index (χ4v) is 2.89. The molecule has 0 heterocycles. The van der Waals surface area contributed by atoms with E-state index in [1.54, 1.807) is 0 Å². The Morgan fingerprint density at radius 2 is 2.16 bits per heavy atom. The van der Waals surface area contributed by atoms with Crippen LogP contribution in [-0.2, 0) is 4.79 Å². The van der Waals surface area contributed by atoms with E-state index in [1.807, 2.05) is 39.0 Å². The minimum Gasteiger partial charge on any atom is -0.394 e. The van der Waals surface area contributed by atoms with Gasteiger partial charge in [-0.2, -0.15) is 0 Å². The highest BCUT2D eigenvalue weighted by atomic mass is 79.9. The van der Waals surface area contributed by atoms with Crippen molar-refractivity contribution in [1.82, 2.24) is 5.32 Å². The SMILES string of the molecule is Cc1cc(Br)ccc1SCC(=O)NC(CO)C(C)C. The maximum absolute atomic E-state index is 11.8. The van der Waals surface area contributed by atoms with Crippen LogP contribution < -0.4 is 5.32 Å². The van der Waals surface area contributed by atoms with Gasteiger partial charge in [-0.25, -0.2) is 0 Å². The first-order valence-corrected chi connectivity index (χ1v) is 8.01.